The summed E-state index contributed by atoms with van der Waals surface area (Å²) in [6, 6.07) is 9.48. The topological polar surface area (TPSA) is 55.8 Å². The second-order valence-electron chi connectivity index (χ2n) is 9.38. The summed E-state index contributed by atoms with van der Waals surface area (Å²) < 4.78 is 11.7. The van der Waals surface area contributed by atoms with Gasteiger partial charge in [0.05, 0.1) is 5.60 Å². The Morgan fingerprint density at radius 3 is 2.17 bits per heavy atom. The molecule has 5 heteroatoms. The van der Waals surface area contributed by atoms with E-state index in [0.717, 1.165) is 42.6 Å². The molecule has 4 aliphatic carbocycles. The van der Waals surface area contributed by atoms with E-state index in [9.17, 15) is 9.59 Å². The molecular weight excluding hydrogens is 366 g/mol. The van der Waals surface area contributed by atoms with E-state index in [2.05, 4.69) is 0 Å². The predicted molar refractivity (Wildman–Crippen MR) is 110 cm³/mol. The van der Waals surface area contributed by atoms with Crippen molar-refractivity contribution in [3.05, 3.63) is 47.7 Å². The lowest BCUT2D eigenvalue weighted by molar-refractivity contribution is -0.168. The van der Waals surface area contributed by atoms with Gasteiger partial charge < -0.3 is 14.4 Å². The van der Waals surface area contributed by atoms with Crippen LogP contribution in [0.25, 0.3) is 0 Å². The number of ether oxygens (including phenoxy) is 2. The number of rotatable bonds is 8. The number of carbonyl (C=O) groups is 2. The van der Waals surface area contributed by atoms with Gasteiger partial charge in [-0.25, -0.2) is 4.79 Å². The predicted octanol–water partition coefficient (Wildman–Crippen LogP) is 3.73. The van der Waals surface area contributed by atoms with Gasteiger partial charge in [0.25, 0.3) is 0 Å². The summed E-state index contributed by atoms with van der Waals surface area (Å²) in [5.41, 5.74) is 0.791. The maximum atomic E-state index is 12.9. The quantitative estimate of drug-likeness (QED) is 0.290. The normalized spacial score (nSPS) is 30.3. The van der Waals surface area contributed by atoms with E-state index in [-0.39, 0.29) is 30.2 Å². The fraction of sp³-hybridized carbons (Fsp3) is 0.583. The molecule has 156 valence electrons. The number of benzene rings is 1. The van der Waals surface area contributed by atoms with Crippen molar-refractivity contribution in [1.29, 1.82) is 0 Å². The summed E-state index contributed by atoms with van der Waals surface area (Å²) in [5, 5.41) is 0. The van der Waals surface area contributed by atoms with Crippen molar-refractivity contribution in [1.82, 2.24) is 4.90 Å². The molecule has 0 unspecified atom stereocenters. The molecule has 5 rings (SSSR count). The standard InChI is InChI=1S/C24H31NO4/c1-25(2)14-21(23(27)28-15-17-6-4-3-5-7-17)22(26)16-29-24-11-18-8-19(12-24)10-20(9-18)13-24/h3-7,14,18-20H,8-13,15-16H2,1-2H3/b21-14-. The lowest BCUT2D eigenvalue weighted by Crippen LogP contribution is -2.52. The second-order valence-corrected chi connectivity index (χ2v) is 9.38. The van der Waals surface area contributed by atoms with Gasteiger partial charge in [0.1, 0.15) is 18.8 Å². The minimum absolute atomic E-state index is 0.0493. The van der Waals surface area contributed by atoms with E-state index < -0.39 is 5.97 Å². The molecule has 4 fully saturated rings. The Morgan fingerprint density at radius 1 is 1.03 bits per heavy atom. The van der Waals surface area contributed by atoms with Crippen molar-refractivity contribution in [3.63, 3.8) is 0 Å². The first kappa shape index (κ1) is 20.1. The zero-order valence-electron chi connectivity index (χ0n) is 17.4. The lowest BCUT2D eigenvalue weighted by Gasteiger charge is -2.56. The van der Waals surface area contributed by atoms with Crippen LogP contribution >= 0.6 is 0 Å². The fourth-order valence-electron chi connectivity index (χ4n) is 5.80. The molecular formula is C24H31NO4. The number of nitrogens with zero attached hydrogens (tertiary/aromatic N) is 1. The zero-order valence-corrected chi connectivity index (χ0v) is 17.4. The Labute approximate surface area is 173 Å². The minimum atomic E-state index is -0.596. The minimum Gasteiger partial charge on any atom is -0.457 e. The number of hydrogen-bond acceptors (Lipinski definition) is 5. The van der Waals surface area contributed by atoms with E-state index in [0.29, 0.717) is 0 Å². The van der Waals surface area contributed by atoms with Gasteiger partial charge in [-0.15, -0.1) is 0 Å². The van der Waals surface area contributed by atoms with E-state index in [4.69, 9.17) is 9.47 Å². The molecule has 0 heterocycles. The highest BCUT2D eigenvalue weighted by Gasteiger charge is 2.51. The van der Waals surface area contributed by atoms with E-state index >= 15 is 0 Å². The second kappa shape index (κ2) is 8.31. The SMILES string of the molecule is CN(C)/C=C(/C(=O)COC12CC3CC(CC(C3)C1)C2)C(=O)OCc1ccccc1. The van der Waals surface area contributed by atoms with Crippen molar-refractivity contribution in [3.8, 4) is 0 Å². The number of carbonyl (C=O) groups excluding carboxylic acids is 2. The zero-order chi connectivity index (χ0) is 20.4. The molecule has 0 saturated heterocycles. The first-order valence-electron chi connectivity index (χ1n) is 10.7. The smallest absolute Gasteiger partial charge is 0.343 e. The monoisotopic (exact) mass is 397 g/mol. The molecule has 4 aliphatic rings. The van der Waals surface area contributed by atoms with E-state index in [1.54, 1.807) is 25.2 Å². The molecule has 4 saturated carbocycles. The highest BCUT2D eigenvalue weighted by molar-refractivity contribution is 6.17. The van der Waals surface area contributed by atoms with Crippen molar-refractivity contribution < 1.29 is 19.1 Å². The molecule has 1 aromatic rings. The lowest BCUT2D eigenvalue weighted by atomic mass is 9.54. The summed E-state index contributed by atoms with van der Waals surface area (Å²) in [6.07, 6.45) is 8.72. The van der Waals surface area contributed by atoms with Gasteiger partial charge in [-0.05, 0) is 61.8 Å². The molecule has 1 aromatic carbocycles. The molecule has 0 N–H and O–H groups in total. The highest BCUT2D eigenvalue weighted by atomic mass is 16.5. The summed E-state index contributed by atoms with van der Waals surface area (Å²) in [6.45, 7) is 0.0971. The highest BCUT2D eigenvalue weighted by Crippen LogP contribution is 2.57. The average molecular weight is 398 g/mol. The molecule has 0 atom stereocenters. The molecule has 29 heavy (non-hydrogen) atoms. The third kappa shape index (κ3) is 4.72. The molecule has 0 radical (unpaired) electrons. The van der Waals surface area contributed by atoms with Gasteiger partial charge in [-0.1, -0.05) is 30.3 Å². The third-order valence-electron chi connectivity index (χ3n) is 6.61. The van der Waals surface area contributed by atoms with Gasteiger partial charge in [0, 0.05) is 20.3 Å². The Hall–Kier alpha value is -2.14. The average Bonchev–Trinajstić information content (AvgIpc) is 2.68. The van der Waals surface area contributed by atoms with Gasteiger partial charge in [0.15, 0.2) is 5.78 Å². The Kier molecular flexibility index (Phi) is 5.77. The summed E-state index contributed by atoms with van der Waals surface area (Å²) >= 11 is 0. The van der Waals surface area contributed by atoms with Gasteiger partial charge in [-0.3, -0.25) is 4.79 Å². The first-order valence-corrected chi connectivity index (χ1v) is 10.7. The number of esters is 1. The van der Waals surface area contributed by atoms with Gasteiger partial charge >= 0.3 is 5.97 Å². The van der Waals surface area contributed by atoms with Crippen molar-refractivity contribution in [2.45, 2.75) is 50.7 Å². The molecule has 0 amide bonds. The van der Waals surface area contributed by atoms with Crippen LogP contribution in [0.5, 0.6) is 0 Å². The Morgan fingerprint density at radius 2 is 1.62 bits per heavy atom. The van der Waals surface area contributed by atoms with Crippen LogP contribution < -0.4 is 0 Å². The van der Waals surface area contributed by atoms with Crippen molar-refractivity contribution in [2.24, 2.45) is 17.8 Å². The fourth-order valence-corrected chi connectivity index (χ4v) is 5.80. The largest absolute Gasteiger partial charge is 0.457 e. The molecule has 4 bridgehead atoms. The van der Waals surface area contributed by atoms with Gasteiger partial charge in [-0.2, -0.15) is 0 Å². The first-order chi connectivity index (χ1) is 13.9. The number of ketones is 1. The third-order valence-corrected chi connectivity index (χ3v) is 6.61. The van der Waals surface area contributed by atoms with Crippen LogP contribution in [0, 0.1) is 17.8 Å². The van der Waals surface area contributed by atoms with Crippen LogP contribution in [0.2, 0.25) is 0 Å². The number of Topliss-reactive ketones (excluding diaryl/α,β-unsaturated/α-hetero) is 1. The van der Waals surface area contributed by atoms with E-state index in [1.165, 1.54) is 19.3 Å². The van der Waals surface area contributed by atoms with Crippen LogP contribution in [-0.2, 0) is 25.7 Å². The Balaban J connectivity index is 1.38. The van der Waals surface area contributed by atoms with Crippen LogP contribution in [-0.4, -0.2) is 43.0 Å². The van der Waals surface area contributed by atoms with Crippen LogP contribution in [0.15, 0.2) is 42.1 Å². The maximum absolute atomic E-state index is 12.9. The molecule has 0 aromatic heterocycles. The van der Waals surface area contributed by atoms with Crippen LogP contribution in [0.4, 0.5) is 0 Å². The maximum Gasteiger partial charge on any atom is 0.343 e. The molecule has 5 nitrogen and oxygen atoms in total. The molecule has 0 spiro atoms. The van der Waals surface area contributed by atoms with Gasteiger partial charge in [0.2, 0.25) is 0 Å². The molecule has 0 aliphatic heterocycles. The van der Waals surface area contributed by atoms with Crippen LogP contribution in [0.1, 0.15) is 44.1 Å². The summed E-state index contributed by atoms with van der Waals surface area (Å²) in [5.74, 6) is 1.37. The van der Waals surface area contributed by atoms with E-state index in [1.807, 2.05) is 30.3 Å². The Bertz CT molecular complexity index is 748. The summed E-state index contributed by atoms with van der Waals surface area (Å²) in [7, 11) is 3.58. The number of hydrogen-bond donors (Lipinski definition) is 0. The van der Waals surface area contributed by atoms with Crippen LogP contribution in [0.3, 0.4) is 0 Å². The van der Waals surface area contributed by atoms with Crippen molar-refractivity contribution >= 4 is 11.8 Å². The summed E-state index contributed by atoms with van der Waals surface area (Å²) in [4.78, 5) is 27.2. The van der Waals surface area contributed by atoms with Crippen molar-refractivity contribution in [2.75, 3.05) is 20.7 Å².